The summed E-state index contributed by atoms with van der Waals surface area (Å²) < 4.78 is 0. The van der Waals surface area contributed by atoms with E-state index in [4.69, 9.17) is 5.84 Å². The summed E-state index contributed by atoms with van der Waals surface area (Å²) in [5, 5.41) is 0. The minimum absolute atomic E-state index is 0.0972. The van der Waals surface area contributed by atoms with Crippen LogP contribution < -0.4 is 11.3 Å². The van der Waals surface area contributed by atoms with E-state index in [2.05, 4.69) is 5.43 Å². The van der Waals surface area contributed by atoms with Gasteiger partial charge in [-0.3, -0.25) is 10.7 Å². The van der Waals surface area contributed by atoms with Crippen LogP contribution in [0.3, 0.4) is 0 Å². The second-order valence-electron chi connectivity index (χ2n) is 2.60. The highest BCUT2D eigenvalue weighted by Gasteiger charge is 2.16. The van der Waals surface area contributed by atoms with E-state index in [1.54, 1.807) is 0 Å². The molecule has 0 aromatic carbocycles. The Bertz CT molecular complexity index is 68.1. The molecule has 0 aliphatic carbocycles. The zero-order valence-electron chi connectivity index (χ0n) is 6.02. The zero-order chi connectivity index (χ0) is 6.78. The molecule has 0 saturated heterocycles. The molecular weight excluding hydrogens is 102 g/mol. The second kappa shape index (κ2) is 2.44. The Balaban J connectivity index is 3.71. The highest BCUT2D eigenvalue weighted by molar-refractivity contribution is 4.68. The third-order valence-electron chi connectivity index (χ3n) is 1.47. The molecule has 0 atom stereocenters. The average molecular weight is 117 g/mol. The van der Waals surface area contributed by atoms with Crippen LogP contribution in [0.1, 0.15) is 13.8 Å². The van der Waals surface area contributed by atoms with Crippen LogP contribution >= 0.6 is 0 Å². The Hall–Kier alpha value is -0.120. The topological polar surface area (TPSA) is 41.3 Å². The smallest absolute Gasteiger partial charge is 0.0777 e. The van der Waals surface area contributed by atoms with Crippen LogP contribution in [0.15, 0.2) is 0 Å². The summed E-state index contributed by atoms with van der Waals surface area (Å²) in [6, 6.07) is 0. The van der Waals surface area contributed by atoms with Gasteiger partial charge in [-0.1, -0.05) is 0 Å². The fourth-order valence-corrected chi connectivity index (χ4v) is 0.129. The maximum absolute atomic E-state index is 5.22. The van der Waals surface area contributed by atoms with E-state index in [1.165, 1.54) is 0 Å². The summed E-state index contributed by atoms with van der Waals surface area (Å²) in [6.07, 6.45) is 0. The first-order valence-corrected chi connectivity index (χ1v) is 2.66. The van der Waals surface area contributed by atoms with E-state index in [0.29, 0.717) is 0 Å². The first kappa shape index (κ1) is 7.88. The molecule has 0 rings (SSSR count). The van der Waals surface area contributed by atoms with Gasteiger partial charge in [-0.25, -0.2) is 5.43 Å². The minimum atomic E-state index is -0.0972. The van der Waals surface area contributed by atoms with Crippen molar-refractivity contribution in [2.75, 3.05) is 14.1 Å². The molecule has 0 radical (unpaired) electrons. The molecule has 0 heterocycles. The predicted molar refractivity (Wildman–Crippen MR) is 35.1 cm³/mol. The minimum Gasteiger partial charge on any atom is -0.291 e. The maximum Gasteiger partial charge on any atom is 0.0777 e. The zero-order valence-corrected chi connectivity index (χ0v) is 6.02. The van der Waals surface area contributed by atoms with Crippen molar-refractivity contribution in [1.82, 2.24) is 10.3 Å². The number of hydrogen-bond donors (Lipinski definition) is 2. The van der Waals surface area contributed by atoms with E-state index in [-0.39, 0.29) is 5.66 Å². The first-order valence-electron chi connectivity index (χ1n) is 2.66. The second-order valence-corrected chi connectivity index (χ2v) is 2.60. The van der Waals surface area contributed by atoms with E-state index < -0.39 is 0 Å². The fraction of sp³-hybridized carbons (Fsp3) is 1.00. The molecule has 0 saturated carbocycles. The van der Waals surface area contributed by atoms with Crippen LogP contribution in [0.25, 0.3) is 0 Å². The van der Waals surface area contributed by atoms with E-state index in [0.717, 1.165) is 0 Å². The van der Waals surface area contributed by atoms with Gasteiger partial charge in [-0.05, 0) is 27.9 Å². The fourth-order valence-electron chi connectivity index (χ4n) is 0.129. The summed E-state index contributed by atoms with van der Waals surface area (Å²) >= 11 is 0. The van der Waals surface area contributed by atoms with Gasteiger partial charge in [0.2, 0.25) is 0 Å². The monoisotopic (exact) mass is 117 g/mol. The summed E-state index contributed by atoms with van der Waals surface area (Å²) in [7, 11) is 3.94. The lowest BCUT2D eigenvalue weighted by Gasteiger charge is -2.31. The molecule has 0 aliphatic rings. The van der Waals surface area contributed by atoms with Crippen molar-refractivity contribution in [3.05, 3.63) is 0 Å². The summed E-state index contributed by atoms with van der Waals surface area (Å²) in [6.45, 7) is 4.01. The number of nitrogens with one attached hydrogen (secondary N) is 1. The number of nitrogens with two attached hydrogens (primary N) is 1. The number of hydrogen-bond acceptors (Lipinski definition) is 3. The largest absolute Gasteiger partial charge is 0.291 e. The summed E-state index contributed by atoms with van der Waals surface area (Å²) in [5.41, 5.74) is 2.57. The van der Waals surface area contributed by atoms with Crippen LogP contribution in [-0.2, 0) is 0 Å². The Morgan fingerprint density at radius 1 is 1.38 bits per heavy atom. The van der Waals surface area contributed by atoms with Crippen LogP contribution in [0.4, 0.5) is 0 Å². The van der Waals surface area contributed by atoms with Crippen LogP contribution in [0, 0.1) is 0 Å². The van der Waals surface area contributed by atoms with E-state index in [1.807, 2.05) is 32.8 Å². The lowest BCUT2D eigenvalue weighted by molar-refractivity contribution is 0.151. The van der Waals surface area contributed by atoms with Gasteiger partial charge >= 0.3 is 0 Å². The lowest BCUT2D eigenvalue weighted by atomic mass is 10.2. The van der Waals surface area contributed by atoms with Gasteiger partial charge in [-0.2, -0.15) is 0 Å². The number of hydrazine groups is 1. The standard InChI is InChI=1S/C5H15N3/c1-5(2,7-6)8(3)4/h7H,6H2,1-4H3. The molecule has 0 amide bonds. The van der Waals surface area contributed by atoms with Gasteiger partial charge in [0.05, 0.1) is 5.66 Å². The van der Waals surface area contributed by atoms with Gasteiger partial charge in [-0.15, -0.1) is 0 Å². The third kappa shape index (κ3) is 1.78. The third-order valence-corrected chi connectivity index (χ3v) is 1.47. The normalized spacial score (nSPS) is 12.8. The maximum atomic E-state index is 5.22. The molecule has 0 aliphatic heterocycles. The molecule has 0 aromatic rings. The van der Waals surface area contributed by atoms with Crippen molar-refractivity contribution in [3.63, 3.8) is 0 Å². The van der Waals surface area contributed by atoms with Crippen molar-refractivity contribution in [1.29, 1.82) is 0 Å². The molecule has 3 N–H and O–H groups in total. The van der Waals surface area contributed by atoms with E-state index in [9.17, 15) is 0 Å². The Labute approximate surface area is 50.8 Å². The Morgan fingerprint density at radius 2 is 1.75 bits per heavy atom. The predicted octanol–water partition coefficient (Wildman–Crippen LogP) is -0.253. The molecule has 0 bridgehead atoms. The SMILES string of the molecule is CN(C)C(C)(C)NN. The van der Waals surface area contributed by atoms with E-state index >= 15 is 0 Å². The number of rotatable bonds is 2. The van der Waals surface area contributed by atoms with Gasteiger partial charge in [0, 0.05) is 0 Å². The van der Waals surface area contributed by atoms with Crippen LogP contribution in [0.5, 0.6) is 0 Å². The molecule has 0 fully saturated rings. The summed E-state index contributed by atoms with van der Waals surface area (Å²) in [4.78, 5) is 2.01. The highest BCUT2D eigenvalue weighted by Crippen LogP contribution is 2.00. The molecule has 3 heteroatoms. The van der Waals surface area contributed by atoms with Gasteiger partial charge in [0.15, 0.2) is 0 Å². The van der Waals surface area contributed by atoms with Gasteiger partial charge in [0.25, 0.3) is 0 Å². The van der Waals surface area contributed by atoms with Gasteiger partial charge in [0.1, 0.15) is 0 Å². The van der Waals surface area contributed by atoms with Crippen molar-refractivity contribution >= 4 is 0 Å². The van der Waals surface area contributed by atoms with Crippen LogP contribution in [-0.4, -0.2) is 24.7 Å². The molecule has 50 valence electrons. The molecule has 0 spiro atoms. The molecule has 3 nitrogen and oxygen atoms in total. The Morgan fingerprint density at radius 3 is 1.75 bits per heavy atom. The lowest BCUT2D eigenvalue weighted by Crippen LogP contribution is -2.54. The summed E-state index contributed by atoms with van der Waals surface area (Å²) in [5.74, 6) is 5.22. The van der Waals surface area contributed by atoms with Crippen molar-refractivity contribution in [2.45, 2.75) is 19.5 Å². The first-order chi connectivity index (χ1) is 3.50. The molecule has 0 aromatic heterocycles. The molecule has 0 unspecified atom stereocenters. The molecular formula is C5H15N3. The quantitative estimate of drug-likeness (QED) is 0.297. The van der Waals surface area contributed by atoms with Crippen LogP contribution in [0.2, 0.25) is 0 Å². The number of nitrogens with zero attached hydrogens (tertiary/aromatic N) is 1. The van der Waals surface area contributed by atoms with Crippen molar-refractivity contribution < 1.29 is 0 Å². The van der Waals surface area contributed by atoms with Gasteiger partial charge < -0.3 is 0 Å². The van der Waals surface area contributed by atoms with Crippen molar-refractivity contribution in [2.24, 2.45) is 5.84 Å². The van der Waals surface area contributed by atoms with Crippen molar-refractivity contribution in [3.8, 4) is 0 Å². The Kier molecular flexibility index (Phi) is 2.40. The average Bonchev–Trinajstić information content (AvgIpc) is 1.67. The highest BCUT2D eigenvalue weighted by atomic mass is 15.4. The molecule has 8 heavy (non-hydrogen) atoms.